The van der Waals surface area contributed by atoms with Crippen molar-refractivity contribution in [3.63, 3.8) is 0 Å². The number of benzene rings is 4. The molecule has 0 N–H and O–H groups in total. The third kappa shape index (κ3) is 11.3. The van der Waals surface area contributed by atoms with Gasteiger partial charge in [0.2, 0.25) is 0 Å². The number of hydrogen-bond acceptors (Lipinski definition) is 0. The third-order valence-electron chi connectivity index (χ3n) is 8.37. The second-order valence-corrected chi connectivity index (χ2v) is 23.7. The Labute approximate surface area is 273 Å². The molecule has 2 saturated carbocycles. The molecule has 0 aromatic heterocycles. The normalized spacial score (nSPS) is 16.0. The second kappa shape index (κ2) is 19.6. The van der Waals surface area contributed by atoms with Crippen LogP contribution in [0.4, 0.5) is 0 Å². The van der Waals surface area contributed by atoms with Crippen molar-refractivity contribution in [3.05, 3.63) is 121 Å². The molecular formula is C36H44Cl3P2V+2. The molecule has 2 aliphatic carbocycles. The van der Waals surface area contributed by atoms with Crippen molar-refractivity contribution >= 4 is 66.6 Å². The van der Waals surface area contributed by atoms with Crippen molar-refractivity contribution in [2.24, 2.45) is 0 Å². The summed E-state index contributed by atoms with van der Waals surface area (Å²) in [5, 5.41) is 6.35. The first kappa shape index (κ1) is 34.1. The molecule has 0 atom stereocenters. The van der Waals surface area contributed by atoms with Crippen LogP contribution in [0.2, 0.25) is 0 Å². The van der Waals surface area contributed by atoms with Crippen LogP contribution in [0, 0.1) is 0 Å². The summed E-state index contributed by atoms with van der Waals surface area (Å²) in [6.07, 6.45) is 14.3. The maximum absolute atomic E-state index is 4.95. The van der Waals surface area contributed by atoms with Crippen molar-refractivity contribution in [3.8, 4) is 0 Å². The fourth-order valence-electron chi connectivity index (χ4n) is 6.53. The van der Waals surface area contributed by atoms with Gasteiger partial charge in [-0.1, -0.05) is 85.6 Å². The Bertz CT molecular complexity index is 1060. The van der Waals surface area contributed by atoms with E-state index in [1.165, 1.54) is 64.2 Å². The summed E-state index contributed by atoms with van der Waals surface area (Å²) < 4.78 is 0. The maximum atomic E-state index is 4.95. The monoisotopic (exact) mass is 694 g/mol. The molecule has 0 spiro atoms. The fraction of sp³-hybridized carbons (Fsp3) is 0.333. The van der Waals surface area contributed by atoms with Crippen LogP contribution in [0.25, 0.3) is 0 Å². The Morgan fingerprint density at radius 1 is 0.381 bits per heavy atom. The quantitative estimate of drug-likeness (QED) is 0.176. The molecule has 42 heavy (non-hydrogen) atoms. The standard InChI is InChI=1S/2C18H21P.3ClH.V/c2*1-4-10-16(11-5-1)19(17-12-6-2-7-13-17)18-14-8-3-9-15-18;;;;/h2*1-2,4-7,10-13,18H,3,8-9,14-15H2;3*1H;/q;;;;;+3/p-1. The molecule has 6 heteroatoms. The molecule has 0 saturated heterocycles. The van der Waals surface area contributed by atoms with Crippen LogP contribution in [-0.2, 0) is 12.3 Å². The number of rotatable bonds is 6. The molecule has 4 aromatic carbocycles. The van der Waals surface area contributed by atoms with Crippen LogP contribution in [0.1, 0.15) is 64.2 Å². The van der Waals surface area contributed by atoms with E-state index in [0.29, 0.717) is 0 Å². The molecule has 0 heterocycles. The Hall–Kier alpha value is -0.806. The molecule has 0 aliphatic heterocycles. The van der Waals surface area contributed by atoms with Gasteiger partial charge in [-0.25, -0.2) is 0 Å². The first-order valence-electron chi connectivity index (χ1n) is 15.4. The van der Waals surface area contributed by atoms with Crippen LogP contribution < -0.4 is 21.2 Å². The van der Waals surface area contributed by atoms with Crippen molar-refractivity contribution in [1.29, 1.82) is 0 Å². The van der Waals surface area contributed by atoms with Gasteiger partial charge >= 0.3 is 41.8 Å². The molecule has 6 rings (SSSR count). The molecule has 4 aromatic rings. The van der Waals surface area contributed by atoms with Gasteiger partial charge in [0.1, 0.15) is 0 Å². The molecule has 0 unspecified atom stereocenters. The summed E-state index contributed by atoms with van der Waals surface area (Å²) in [5.41, 5.74) is 1.84. The van der Waals surface area contributed by atoms with E-state index >= 15 is 0 Å². The van der Waals surface area contributed by atoms with Crippen molar-refractivity contribution in [1.82, 2.24) is 0 Å². The largest absolute Gasteiger partial charge is 0.0969 e. The zero-order valence-electron chi connectivity index (χ0n) is 24.4. The average Bonchev–Trinajstić information content (AvgIpc) is 3.05. The topological polar surface area (TPSA) is 0 Å². The minimum atomic E-state index is -1.77. The molecule has 2 fully saturated rings. The molecule has 0 amide bonds. The Morgan fingerprint density at radius 3 is 0.810 bits per heavy atom. The van der Waals surface area contributed by atoms with E-state index in [4.69, 9.17) is 29.5 Å². The minimum absolute atomic E-state index is 0.600. The Morgan fingerprint density at radius 2 is 0.595 bits per heavy atom. The zero-order valence-corrected chi connectivity index (χ0v) is 30.0. The van der Waals surface area contributed by atoms with Crippen LogP contribution in [0.15, 0.2) is 121 Å². The van der Waals surface area contributed by atoms with E-state index in [-0.39, 0.29) is 0 Å². The van der Waals surface area contributed by atoms with Crippen molar-refractivity contribution < 1.29 is 12.3 Å². The van der Waals surface area contributed by atoms with Crippen LogP contribution in [0.3, 0.4) is 0 Å². The van der Waals surface area contributed by atoms with Crippen molar-refractivity contribution in [2.75, 3.05) is 0 Å². The van der Waals surface area contributed by atoms with Gasteiger partial charge in [-0.05, 0) is 99.9 Å². The molecule has 0 nitrogen and oxygen atoms in total. The summed E-state index contributed by atoms with van der Waals surface area (Å²) >= 11 is -1.77. The van der Waals surface area contributed by atoms with E-state index in [1.807, 2.05) is 0 Å². The summed E-state index contributed by atoms with van der Waals surface area (Å²) in [7, 11) is 13.7. The van der Waals surface area contributed by atoms with E-state index in [0.717, 1.165) is 11.3 Å². The summed E-state index contributed by atoms with van der Waals surface area (Å²) in [4.78, 5) is 0. The van der Waals surface area contributed by atoms with Crippen LogP contribution >= 0.6 is 45.4 Å². The number of hydrogen-bond donors (Lipinski definition) is 0. The fourth-order valence-corrected chi connectivity index (χ4v) is 13.3. The van der Waals surface area contributed by atoms with E-state index in [2.05, 4.69) is 121 Å². The first-order chi connectivity index (χ1) is 20.6. The summed E-state index contributed by atoms with van der Waals surface area (Å²) in [6.45, 7) is 0. The maximum Gasteiger partial charge on any atom is 0.0969 e. The predicted octanol–water partition coefficient (Wildman–Crippen LogP) is 10.4. The SMILES string of the molecule is [Cl][V]([Cl])[Cl].c1ccc([PH+](c2ccccc2)C2CCCCC2)cc1.c1ccc([PH+](c2ccccc2)C2CCCCC2)cc1. The third-order valence-corrected chi connectivity index (χ3v) is 15.0. The van der Waals surface area contributed by atoms with Gasteiger partial charge < -0.3 is 0 Å². The van der Waals surface area contributed by atoms with Gasteiger partial charge in [-0.2, -0.15) is 0 Å². The van der Waals surface area contributed by atoms with Crippen LogP contribution in [0.5, 0.6) is 0 Å². The van der Waals surface area contributed by atoms with Gasteiger partial charge in [0.05, 0.1) is 48.4 Å². The smallest absolute Gasteiger partial charge is 0.0620 e. The molecule has 222 valence electrons. The Balaban J connectivity index is 0.000000171. The first-order valence-corrected chi connectivity index (χ1v) is 24.3. The van der Waals surface area contributed by atoms with Crippen LogP contribution in [-0.4, -0.2) is 11.3 Å². The van der Waals surface area contributed by atoms with Crippen molar-refractivity contribution in [2.45, 2.75) is 75.5 Å². The van der Waals surface area contributed by atoms with E-state index < -0.39 is 28.1 Å². The Kier molecular flexibility index (Phi) is 15.9. The van der Waals surface area contributed by atoms with E-state index in [1.54, 1.807) is 21.2 Å². The zero-order chi connectivity index (χ0) is 29.4. The molecule has 0 bridgehead atoms. The molecular weight excluding hydrogens is 652 g/mol. The van der Waals surface area contributed by atoms with Gasteiger partial charge in [0, 0.05) is 0 Å². The van der Waals surface area contributed by atoms with Gasteiger partial charge in [-0.15, -0.1) is 0 Å². The van der Waals surface area contributed by atoms with Gasteiger partial charge in [-0.3, -0.25) is 0 Å². The second-order valence-electron chi connectivity index (χ2n) is 11.2. The average molecular weight is 696 g/mol. The number of halogens is 3. The van der Waals surface area contributed by atoms with Gasteiger partial charge in [0.15, 0.2) is 0 Å². The molecule has 0 radical (unpaired) electrons. The van der Waals surface area contributed by atoms with Gasteiger partial charge in [0.25, 0.3) is 0 Å². The minimum Gasteiger partial charge on any atom is -0.0620 e. The summed E-state index contributed by atoms with van der Waals surface area (Å²) in [5.74, 6) is 0. The summed E-state index contributed by atoms with van der Waals surface area (Å²) in [6, 6.07) is 44.9. The molecule has 2 aliphatic rings. The van der Waals surface area contributed by atoms with E-state index in [9.17, 15) is 0 Å². The predicted molar refractivity (Wildman–Crippen MR) is 192 cm³/mol.